The molecule has 1 aliphatic rings. The standard InChI is InChI=1S/C31H33N3O3/c1-3-5-29(37-22-26-9-7-24(8-10-26)13-16-30(35)36)31-23(2)6-4-19-34(31)21-25-11-14-27(15-12-25)28-20-32-17-18-33-28/h3,5,7-12,14-15,17-18,20H,2,4,6,13,16,19,21-22H2,1H3,(H,35,36)/b5-3-,31-29-. The Morgan fingerprint density at radius 3 is 2.49 bits per heavy atom. The average molecular weight is 496 g/mol. The number of ether oxygens (including phenoxy) is 1. The maximum atomic E-state index is 10.8. The average Bonchev–Trinajstić information content (AvgIpc) is 2.92. The van der Waals surface area contributed by atoms with Gasteiger partial charge in [0.1, 0.15) is 12.4 Å². The normalized spacial score (nSPS) is 15.2. The zero-order valence-electron chi connectivity index (χ0n) is 21.3. The lowest BCUT2D eigenvalue weighted by molar-refractivity contribution is -0.136. The van der Waals surface area contributed by atoms with E-state index in [4.69, 9.17) is 9.84 Å². The highest BCUT2D eigenvalue weighted by molar-refractivity contribution is 5.67. The van der Waals surface area contributed by atoms with Gasteiger partial charge in [-0.1, -0.05) is 61.2 Å². The molecule has 0 radical (unpaired) electrons. The number of aliphatic carboxylic acids is 1. The Kier molecular flexibility index (Phi) is 8.87. The maximum Gasteiger partial charge on any atom is 0.303 e. The van der Waals surface area contributed by atoms with Crippen LogP contribution in [0.2, 0.25) is 0 Å². The van der Waals surface area contributed by atoms with Crippen LogP contribution in [0.1, 0.15) is 42.9 Å². The van der Waals surface area contributed by atoms with Gasteiger partial charge in [-0.25, -0.2) is 0 Å². The van der Waals surface area contributed by atoms with Gasteiger partial charge in [0.05, 0.1) is 17.6 Å². The van der Waals surface area contributed by atoms with E-state index in [0.29, 0.717) is 13.0 Å². The second kappa shape index (κ2) is 12.7. The molecule has 0 spiro atoms. The van der Waals surface area contributed by atoms with Gasteiger partial charge in [0.15, 0.2) is 0 Å². The number of aromatic nitrogens is 2. The van der Waals surface area contributed by atoms with E-state index >= 15 is 0 Å². The summed E-state index contributed by atoms with van der Waals surface area (Å²) in [6.45, 7) is 8.48. The number of aryl methyl sites for hydroxylation is 1. The highest BCUT2D eigenvalue weighted by Gasteiger charge is 2.23. The first-order valence-corrected chi connectivity index (χ1v) is 12.6. The Morgan fingerprint density at radius 1 is 1.08 bits per heavy atom. The van der Waals surface area contributed by atoms with Crippen LogP contribution in [0.15, 0.2) is 103 Å². The molecule has 0 atom stereocenters. The number of benzene rings is 2. The molecule has 2 heterocycles. The highest BCUT2D eigenvalue weighted by atomic mass is 16.5. The van der Waals surface area contributed by atoms with Crippen molar-refractivity contribution < 1.29 is 14.6 Å². The first-order chi connectivity index (χ1) is 18.0. The third-order valence-electron chi connectivity index (χ3n) is 6.34. The van der Waals surface area contributed by atoms with Crippen molar-refractivity contribution in [3.8, 4) is 11.3 Å². The Balaban J connectivity index is 1.49. The number of rotatable bonds is 10. The molecule has 0 bridgehead atoms. The second-order valence-electron chi connectivity index (χ2n) is 9.13. The van der Waals surface area contributed by atoms with Crippen LogP contribution in [0.5, 0.6) is 0 Å². The smallest absolute Gasteiger partial charge is 0.303 e. The lowest BCUT2D eigenvalue weighted by Gasteiger charge is -2.34. The molecule has 1 fully saturated rings. The number of hydrogen-bond acceptors (Lipinski definition) is 5. The molecule has 3 aromatic rings. The molecule has 1 N–H and O–H groups in total. The van der Waals surface area contributed by atoms with Crippen LogP contribution in [0, 0.1) is 0 Å². The van der Waals surface area contributed by atoms with Gasteiger partial charge in [-0.05, 0) is 54.5 Å². The van der Waals surface area contributed by atoms with Crippen LogP contribution >= 0.6 is 0 Å². The molecular weight excluding hydrogens is 462 g/mol. The molecule has 37 heavy (non-hydrogen) atoms. The number of hydrogen-bond donors (Lipinski definition) is 1. The van der Waals surface area contributed by atoms with Crippen molar-refractivity contribution in [2.45, 2.75) is 45.8 Å². The minimum atomic E-state index is -0.784. The van der Waals surface area contributed by atoms with Crippen LogP contribution in [0.3, 0.4) is 0 Å². The monoisotopic (exact) mass is 495 g/mol. The van der Waals surface area contributed by atoms with E-state index in [1.807, 2.05) is 43.3 Å². The van der Waals surface area contributed by atoms with Gasteiger partial charge in [-0.3, -0.25) is 14.8 Å². The van der Waals surface area contributed by atoms with Gasteiger partial charge in [0.2, 0.25) is 0 Å². The summed E-state index contributed by atoms with van der Waals surface area (Å²) in [6, 6.07) is 16.4. The summed E-state index contributed by atoms with van der Waals surface area (Å²) in [5, 5.41) is 8.90. The van der Waals surface area contributed by atoms with Crippen molar-refractivity contribution >= 4 is 5.97 Å². The molecule has 1 saturated heterocycles. The Morgan fingerprint density at radius 2 is 1.81 bits per heavy atom. The number of carbonyl (C=O) groups is 1. The van der Waals surface area contributed by atoms with E-state index in [9.17, 15) is 4.79 Å². The first-order valence-electron chi connectivity index (χ1n) is 12.6. The molecule has 0 aliphatic carbocycles. The van der Waals surface area contributed by atoms with E-state index in [0.717, 1.165) is 65.3 Å². The SMILES string of the molecule is C=C1CCCN(Cc2ccc(-c3cnccn3)cc2)/C1=C(/C=C\C)OCc1ccc(CCC(=O)O)cc1. The van der Waals surface area contributed by atoms with Crippen molar-refractivity contribution in [1.29, 1.82) is 0 Å². The van der Waals surface area contributed by atoms with Crippen molar-refractivity contribution in [3.63, 3.8) is 0 Å². The predicted octanol–water partition coefficient (Wildman–Crippen LogP) is 6.32. The molecule has 0 saturated carbocycles. The highest BCUT2D eigenvalue weighted by Crippen LogP contribution is 2.31. The summed E-state index contributed by atoms with van der Waals surface area (Å²) in [5.41, 5.74) is 7.29. The van der Waals surface area contributed by atoms with Gasteiger partial charge in [0, 0.05) is 37.5 Å². The molecule has 0 amide bonds. The number of piperidine rings is 1. The molecule has 6 nitrogen and oxygen atoms in total. The fourth-order valence-electron chi connectivity index (χ4n) is 4.44. The molecule has 1 aromatic heterocycles. The third kappa shape index (κ3) is 7.17. The summed E-state index contributed by atoms with van der Waals surface area (Å²) in [5.74, 6) is 0.0343. The number of carboxylic acid groups (broad SMARTS) is 1. The van der Waals surface area contributed by atoms with Gasteiger partial charge < -0.3 is 14.7 Å². The third-order valence-corrected chi connectivity index (χ3v) is 6.34. The van der Waals surface area contributed by atoms with Crippen LogP contribution in [-0.4, -0.2) is 32.5 Å². The van der Waals surface area contributed by atoms with Gasteiger partial charge >= 0.3 is 5.97 Å². The largest absolute Gasteiger partial charge is 0.487 e. The second-order valence-corrected chi connectivity index (χ2v) is 9.13. The number of carboxylic acids is 1. The molecule has 1 aliphatic heterocycles. The minimum absolute atomic E-state index is 0.133. The quantitative estimate of drug-likeness (QED) is 0.332. The lowest BCUT2D eigenvalue weighted by Crippen LogP contribution is -2.30. The van der Waals surface area contributed by atoms with E-state index in [-0.39, 0.29) is 6.42 Å². The summed E-state index contributed by atoms with van der Waals surface area (Å²) >= 11 is 0. The van der Waals surface area contributed by atoms with E-state index in [1.165, 1.54) is 5.56 Å². The maximum absolute atomic E-state index is 10.8. The van der Waals surface area contributed by atoms with Crippen molar-refractivity contribution in [2.24, 2.45) is 0 Å². The van der Waals surface area contributed by atoms with Gasteiger partial charge in [-0.2, -0.15) is 0 Å². The van der Waals surface area contributed by atoms with Crippen LogP contribution in [-0.2, 0) is 29.1 Å². The zero-order chi connectivity index (χ0) is 26.0. The number of nitrogens with zero attached hydrogens (tertiary/aromatic N) is 3. The van der Waals surface area contributed by atoms with Crippen LogP contribution < -0.4 is 0 Å². The first kappa shape index (κ1) is 25.9. The fraction of sp³-hybridized carbons (Fsp3) is 0.258. The molecule has 190 valence electrons. The molecule has 2 aromatic carbocycles. The summed E-state index contributed by atoms with van der Waals surface area (Å²) < 4.78 is 6.34. The topological polar surface area (TPSA) is 75.5 Å². The minimum Gasteiger partial charge on any atom is -0.487 e. The summed E-state index contributed by atoms with van der Waals surface area (Å²) in [4.78, 5) is 21.7. The van der Waals surface area contributed by atoms with Gasteiger partial charge in [0.25, 0.3) is 0 Å². The Bertz CT molecular complexity index is 1260. The zero-order valence-corrected chi connectivity index (χ0v) is 21.3. The van der Waals surface area contributed by atoms with Crippen molar-refractivity contribution in [2.75, 3.05) is 6.54 Å². The predicted molar refractivity (Wildman–Crippen MR) is 145 cm³/mol. The lowest BCUT2D eigenvalue weighted by atomic mass is 9.99. The van der Waals surface area contributed by atoms with E-state index < -0.39 is 5.97 Å². The number of allylic oxidation sites excluding steroid dienone is 3. The molecular formula is C31H33N3O3. The van der Waals surface area contributed by atoms with Gasteiger partial charge in [-0.15, -0.1) is 0 Å². The van der Waals surface area contributed by atoms with Crippen LogP contribution in [0.4, 0.5) is 0 Å². The fourth-order valence-corrected chi connectivity index (χ4v) is 4.44. The summed E-state index contributed by atoms with van der Waals surface area (Å²) in [6.07, 6.45) is 11.8. The van der Waals surface area contributed by atoms with E-state index in [2.05, 4.69) is 45.7 Å². The number of likely N-dealkylation sites (tertiary alicyclic amines) is 1. The van der Waals surface area contributed by atoms with E-state index in [1.54, 1.807) is 18.6 Å². The Hall–Kier alpha value is -4.19. The Labute approximate surface area is 218 Å². The van der Waals surface area contributed by atoms with Crippen molar-refractivity contribution in [3.05, 3.63) is 120 Å². The molecule has 0 unspecified atom stereocenters. The van der Waals surface area contributed by atoms with Crippen LogP contribution in [0.25, 0.3) is 11.3 Å². The van der Waals surface area contributed by atoms with Crippen molar-refractivity contribution in [1.82, 2.24) is 14.9 Å². The molecule has 6 heteroatoms. The molecule has 4 rings (SSSR count). The summed E-state index contributed by atoms with van der Waals surface area (Å²) in [7, 11) is 0.